The molecule has 1 aliphatic rings. The number of hydrogen-bond acceptors (Lipinski definition) is 5. The lowest BCUT2D eigenvalue weighted by Crippen LogP contribution is -2.36. The summed E-state index contributed by atoms with van der Waals surface area (Å²) in [5, 5.41) is 10.6. The molecule has 2 aromatic heterocycles. The first-order valence-corrected chi connectivity index (χ1v) is 14.5. The number of nitrogens with zero attached hydrogens (tertiary/aromatic N) is 4. The van der Waals surface area contributed by atoms with E-state index in [0.717, 1.165) is 38.6 Å². The van der Waals surface area contributed by atoms with Crippen LogP contribution in [0.25, 0.3) is 38.8 Å². The highest BCUT2D eigenvalue weighted by Crippen LogP contribution is 2.31. The summed E-state index contributed by atoms with van der Waals surface area (Å²) in [6.45, 7) is 0.246. The smallest absolute Gasteiger partial charge is 0.274 e. The number of aromatic nitrogens is 3. The number of benzene rings is 4. The van der Waals surface area contributed by atoms with Gasteiger partial charge in [-0.15, -0.1) is 0 Å². The van der Waals surface area contributed by atoms with Gasteiger partial charge in [0.15, 0.2) is 5.01 Å². The van der Waals surface area contributed by atoms with E-state index >= 15 is 0 Å². The minimum atomic E-state index is -0.260. The van der Waals surface area contributed by atoms with E-state index in [-0.39, 0.29) is 18.4 Å². The van der Waals surface area contributed by atoms with Crippen LogP contribution in [-0.4, -0.2) is 33.5 Å². The monoisotopic (exact) mass is 565 g/mol. The molecule has 0 spiro atoms. The summed E-state index contributed by atoms with van der Waals surface area (Å²) in [4.78, 5) is 27.1. The Hall–Kier alpha value is -5.27. The largest absolute Gasteiger partial charge is 0.415 e. The molecule has 0 unspecified atom stereocenters. The Morgan fingerprint density at radius 2 is 1.05 bits per heavy atom. The van der Waals surface area contributed by atoms with E-state index in [1.807, 2.05) is 54.6 Å². The Kier molecular flexibility index (Phi) is 6.70. The van der Waals surface area contributed by atoms with E-state index in [4.69, 9.17) is 0 Å². The first-order chi connectivity index (χ1) is 20.7. The lowest BCUT2D eigenvalue weighted by molar-refractivity contribution is -0.571. The molecule has 0 saturated heterocycles. The number of carbonyl (C=O) groups is 2. The van der Waals surface area contributed by atoms with Gasteiger partial charge in [0.05, 0.1) is 16.2 Å². The molecule has 202 valence electrons. The maximum Gasteiger partial charge on any atom is 0.415 e. The molecule has 0 aliphatic carbocycles. The maximum atomic E-state index is 12.9. The Morgan fingerprint density at radius 3 is 1.57 bits per heavy atom. The second-order valence-corrected chi connectivity index (χ2v) is 11.0. The minimum absolute atomic E-state index is 0.246. The van der Waals surface area contributed by atoms with Crippen LogP contribution >= 0.6 is 11.3 Å². The molecular weight excluding hydrogens is 540 g/mol. The first-order valence-electron chi connectivity index (χ1n) is 13.7. The summed E-state index contributed by atoms with van der Waals surface area (Å²) in [6, 6.07) is 42.2. The van der Waals surface area contributed by atoms with Crippen LogP contribution in [0.1, 0.15) is 25.7 Å². The van der Waals surface area contributed by atoms with E-state index in [2.05, 4.69) is 63.3 Å². The lowest BCUT2D eigenvalue weighted by atomic mass is 9.99. The molecule has 0 bridgehead atoms. The van der Waals surface area contributed by atoms with Gasteiger partial charge >= 0.3 is 5.13 Å². The van der Waals surface area contributed by atoms with Crippen molar-refractivity contribution < 1.29 is 14.2 Å². The van der Waals surface area contributed by atoms with Crippen LogP contribution in [0.2, 0.25) is 0 Å². The molecule has 1 aliphatic heterocycles. The van der Waals surface area contributed by atoms with E-state index < -0.39 is 0 Å². The molecule has 0 atom stereocenters. The highest BCUT2D eigenvalue weighted by Gasteiger charge is 2.35. The second kappa shape index (κ2) is 11.0. The Bertz CT molecular complexity index is 1830. The fourth-order valence-corrected chi connectivity index (χ4v) is 6.18. The molecule has 0 radical (unpaired) electrons. The fourth-order valence-electron chi connectivity index (χ4n) is 5.33. The van der Waals surface area contributed by atoms with Crippen LogP contribution in [0.3, 0.4) is 0 Å². The summed E-state index contributed by atoms with van der Waals surface area (Å²) in [6.07, 6.45) is 0.424. The van der Waals surface area contributed by atoms with Gasteiger partial charge < -0.3 is 0 Å². The van der Waals surface area contributed by atoms with Crippen molar-refractivity contribution in [3.63, 3.8) is 0 Å². The predicted octanol–water partition coefficient (Wildman–Crippen LogP) is 6.65. The number of carbonyl (C=O) groups excluding carboxylic acids is 2. The summed E-state index contributed by atoms with van der Waals surface area (Å²) in [5.41, 5.74) is 7.20. The van der Waals surface area contributed by atoms with E-state index in [1.165, 1.54) is 16.2 Å². The maximum absolute atomic E-state index is 12.9. The van der Waals surface area contributed by atoms with Crippen LogP contribution in [0.4, 0.5) is 0 Å². The number of amides is 2. The molecular formula is C35H25N4O2S+. The molecule has 2 amide bonds. The van der Waals surface area contributed by atoms with E-state index in [9.17, 15) is 9.59 Å². The molecule has 6 nitrogen and oxygen atoms in total. The van der Waals surface area contributed by atoms with Gasteiger partial charge in [0.2, 0.25) is 0 Å². The summed E-state index contributed by atoms with van der Waals surface area (Å²) in [7, 11) is 0. The molecule has 0 fully saturated rings. The van der Waals surface area contributed by atoms with Gasteiger partial charge in [-0.05, 0) is 51.8 Å². The lowest BCUT2D eigenvalue weighted by Gasteiger charge is -2.13. The van der Waals surface area contributed by atoms with Crippen LogP contribution < -0.4 is 4.57 Å². The predicted molar refractivity (Wildman–Crippen MR) is 163 cm³/mol. The zero-order valence-electron chi connectivity index (χ0n) is 22.6. The van der Waals surface area contributed by atoms with Crippen molar-refractivity contribution in [1.82, 2.24) is 15.1 Å². The molecule has 7 rings (SSSR count). The summed E-state index contributed by atoms with van der Waals surface area (Å²) in [5.74, 6) is -0.520. The van der Waals surface area contributed by atoms with E-state index in [1.54, 1.807) is 24.3 Å². The van der Waals surface area contributed by atoms with Gasteiger partial charge in [0.1, 0.15) is 11.4 Å². The Balaban J connectivity index is 1.31. The van der Waals surface area contributed by atoms with Crippen molar-refractivity contribution >= 4 is 23.2 Å². The third kappa shape index (κ3) is 4.70. The molecule has 6 aromatic rings. The van der Waals surface area contributed by atoms with Crippen LogP contribution in [-0.2, 0) is 6.42 Å². The topological polar surface area (TPSA) is 67.0 Å². The second-order valence-electron chi connectivity index (χ2n) is 9.98. The summed E-state index contributed by atoms with van der Waals surface area (Å²) < 4.78 is 2.15. The fraction of sp³-hybridized carbons (Fsp3) is 0.0571. The number of pyridine rings is 1. The molecule has 42 heavy (non-hydrogen) atoms. The van der Waals surface area contributed by atoms with Crippen molar-refractivity contribution in [3.05, 3.63) is 144 Å². The molecule has 4 aromatic carbocycles. The van der Waals surface area contributed by atoms with Gasteiger partial charge in [-0.2, -0.15) is 4.57 Å². The number of rotatable bonds is 7. The normalized spacial score (nSPS) is 12.5. The van der Waals surface area contributed by atoms with Gasteiger partial charge in [0, 0.05) is 24.1 Å². The minimum Gasteiger partial charge on any atom is -0.274 e. The average Bonchev–Trinajstić information content (AvgIpc) is 3.62. The zero-order valence-corrected chi connectivity index (χ0v) is 23.4. The van der Waals surface area contributed by atoms with Crippen molar-refractivity contribution in [2.45, 2.75) is 6.42 Å². The van der Waals surface area contributed by atoms with Crippen molar-refractivity contribution in [1.29, 1.82) is 0 Å². The van der Waals surface area contributed by atoms with Gasteiger partial charge in [0.25, 0.3) is 11.8 Å². The third-order valence-electron chi connectivity index (χ3n) is 7.39. The number of hydrogen-bond donors (Lipinski definition) is 0. The molecule has 7 heteroatoms. The molecule has 0 saturated carbocycles. The first kappa shape index (κ1) is 25.7. The highest BCUT2D eigenvalue weighted by molar-refractivity contribution is 7.13. The third-order valence-corrected chi connectivity index (χ3v) is 8.36. The van der Waals surface area contributed by atoms with Gasteiger partial charge in [-0.3, -0.25) is 14.5 Å². The Morgan fingerprint density at radius 1 is 0.571 bits per heavy atom. The zero-order chi connectivity index (χ0) is 28.5. The van der Waals surface area contributed by atoms with Crippen molar-refractivity contribution in [2.24, 2.45) is 0 Å². The molecule has 3 heterocycles. The van der Waals surface area contributed by atoms with Crippen LogP contribution in [0, 0.1) is 0 Å². The van der Waals surface area contributed by atoms with E-state index in [0.29, 0.717) is 22.7 Å². The highest BCUT2D eigenvalue weighted by atomic mass is 32.1. The van der Waals surface area contributed by atoms with Crippen molar-refractivity contribution in [3.8, 4) is 38.8 Å². The van der Waals surface area contributed by atoms with Gasteiger partial charge in [-0.25, -0.2) is 0 Å². The standard InChI is InChI=1S/C35H25N4O2S/c40-33-28-18-10-11-19-29(28)34(41)38(33)21-20-32-36-37-35(42-32)39-30(25-14-6-2-7-15-25)22-27(24-12-4-1-5-13-24)23-31(39)26-16-8-3-9-17-26/h1-19,22-23H,20-21H2/q+1. The van der Waals surface area contributed by atoms with Crippen LogP contribution in [0.5, 0.6) is 0 Å². The van der Waals surface area contributed by atoms with Crippen molar-refractivity contribution in [2.75, 3.05) is 6.54 Å². The number of imide groups is 1. The quantitative estimate of drug-likeness (QED) is 0.161. The Labute approximate surface area is 247 Å². The molecule has 0 N–H and O–H groups in total. The number of fused-ring (bicyclic) bond motifs is 1. The summed E-state index contributed by atoms with van der Waals surface area (Å²) >= 11 is 1.47. The van der Waals surface area contributed by atoms with Crippen LogP contribution in [0.15, 0.2) is 127 Å². The average molecular weight is 566 g/mol. The van der Waals surface area contributed by atoms with Gasteiger partial charge in [-0.1, -0.05) is 103 Å². The SMILES string of the molecule is O=C1c2ccccc2C(=O)N1CCc1nnc(-[n+]2c(-c3ccccc3)cc(-c3ccccc3)cc2-c2ccccc2)s1.